The molecule has 8 nitrogen and oxygen atoms in total. The molecule has 0 unspecified atom stereocenters. The number of para-hydroxylation sites is 1. The molecule has 3 N–H and O–H groups in total. The highest BCUT2D eigenvalue weighted by Crippen LogP contribution is 2.31. The van der Waals surface area contributed by atoms with Gasteiger partial charge in [0.15, 0.2) is 0 Å². The molecule has 0 spiro atoms. The van der Waals surface area contributed by atoms with E-state index in [2.05, 4.69) is 39.5 Å². The highest BCUT2D eigenvalue weighted by atomic mass is 19.4. The second-order valence-electron chi connectivity index (χ2n) is 7.53. The van der Waals surface area contributed by atoms with Crippen molar-refractivity contribution >= 4 is 28.6 Å². The fraction of sp³-hybridized carbons (Fsp3) is 0.318. The number of amides is 1. The van der Waals surface area contributed by atoms with Crippen LogP contribution in [0, 0.1) is 0 Å². The van der Waals surface area contributed by atoms with Crippen molar-refractivity contribution < 1.29 is 32.6 Å². The van der Waals surface area contributed by atoms with E-state index in [1.165, 1.54) is 0 Å². The molecule has 1 aromatic carbocycles. The standard InChI is InChI=1S/C20H20N4O2.C2HF3O2/c25-20-15-12-17(22-16(15)6-7-21-20)14-3-1-2-13-4-5-18(23-19(13)14)24-8-10-26-11-9-24;3-2(4,5)1(6)7/h1-5,12,22H,6-11H2,(H,21,25);(H,6,7). The average molecular weight is 462 g/mol. The maximum atomic E-state index is 12.1. The van der Waals surface area contributed by atoms with Crippen molar-refractivity contribution in [3.63, 3.8) is 0 Å². The number of pyridine rings is 1. The summed E-state index contributed by atoms with van der Waals surface area (Å²) < 4.78 is 37.2. The van der Waals surface area contributed by atoms with Crippen LogP contribution in [-0.2, 0) is 16.0 Å². The van der Waals surface area contributed by atoms with Gasteiger partial charge in [-0.1, -0.05) is 18.2 Å². The molecule has 0 bridgehead atoms. The monoisotopic (exact) mass is 462 g/mol. The Kier molecular flexibility index (Phi) is 6.23. The lowest BCUT2D eigenvalue weighted by Gasteiger charge is -2.28. The summed E-state index contributed by atoms with van der Waals surface area (Å²) in [6, 6.07) is 12.3. The Bertz CT molecular complexity index is 1190. The molecule has 0 aliphatic carbocycles. The van der Waals surface area contributed by atoms with Gasteiger partial charge in [0.1, 0.15) is 5.82 Å². The zero-order chi connectivity index (χ0) is 23.6. The minimum absolute atomic E-state index is 0.00375. The van der Waals surface area contributed by atoms with Crippen LogP contribution in [0.2, 0.25) is 0 Å². The van der Waals surface area contributed by atoms with Crippen molar-refractivity contribution in [2.24, 2.45) is 0 Å². The number of rotatable bonds is 2. The summed E-state index contributed by atoms with van der Waals surface area (Å²) in [6.07, 6.45) is -4.25. The molecular formula is C22H21F3N4O4. The first kappa shape index (κ1) is 22.6. The number of fused-ring (bicyclic) bond motifs is 2. The van der Waals surface area contributed by atoms with E-state index in [1.807, 2.05) is 12.1 Å². The summed E-state index contributed by atoms with van der Waals surface area (Å²) >= 11 is 0. The van der Waals surface area contributed by atoms with Gasteiger partial charge in [0, 0.05) is 48.4 Å². The number of morpholine rings is 1. The van der Waals surface area contributed by atoms with Crippen LogP contribution in [0.1, 0.15) is 16.1 Å². The van der Waals surface area contributed by atoms with Gasteiger partial charge < -0.3 is 25.0 Å². The summed E-state index contributed by atoms with van der Waals surface area (Å²) in [4.78, 5) is 31.6. The van der Waals surface area contributed by atoms with E-state index in [0.29, 0.717) is 6.54 Å². The van der Waals surface area contributed by atoms with Gasteiger partial charge in [0.2, 0.25) is 0 Å². The fourth-order valence-electron chi connectivity index (χ4n) is 3.76. The largest absolute Gasteiger partial charge is 0.490 e. The Morgan fingerprint density at radius 2 is 1.85 bits per heavy atom. The molecule has 1 amide bonds. The maximum absolute atomic E-state index is 12.1. The van der Waals surface area contributed by atoms with Gasteiger partial charge in [0.25, 0.3) is 5.91 Å². The van der Waals surface area contributed by atoms with Gasteiger partial charge in [-0.15, -0.1) is 0 Å². The number of carbonyl (C=O) groups is 2. The van der Waals surface area contributed by atoms with Gasteiger partial charge >= 0.3 is 12.1 Å². The third-order valence-electron chi connectivity index (χ3n) is 5.38. The lowest BCUT2D eigenvalue weighted by molar-refractivity contribution is -0.192. The quantitative estimate of drug-likeness (QED) is 0.541. The second kappa shape index (κ2) is 9.10. The predicted molar refractivity (Wildman–Crippen MR) is 114 cm³/mol. The zero-order valence-corrected chi connectivity index (χ0v) is 17.4. The van der Waals surface area contributed by atoms with Crippen molar-refractivity contribution in [2.75, 3.05) is 37.7 Å². The topological polar surface area (TPSA) is 108 Å². The summed E-state index contributed by atoms with van der Waals surface area (Å²) in [5.41, 5.74) is 4.68. The molecule has 5 rings (SSSR count). The summed E-state index contributed by atoms with van der Waals surface area (Å²) in [6.45, 7) is 3.87. The lowest BCUT2D eigenvalue weighted by Crippen LogP contribution is -2.36. The van der Waals surface area contributed by atoms with Gasteiger partial charge in [-0.2, -0.15) is 13.2 Å². The fourth-order valence-corrected chi connectivity index (χ4v) is 3.76. The maximum Gasteiger partial charge on any atom is 0.490 e. The van der Waals surface area contributed by atoms with E-state index in [4.69, 9.17) is 19.6 Å². The predicted octanol–water partition coefficient (Wildman–Crippen LogP) is 2.99. The van der Waals surface area contributed by atoms with Crippen LogP contribution in [0.4, 0.5) is 19.0 Å². The molecule has 33 heavy (non-hydrogen) atoms. The number of H-pyrrole nitrogens is 1. The number of nitrogens with one attached hydrogen (secondary N) is 2. The van der Waals surface area contributed by atoms with Crippen molar-refractivity contribution in [3.05, 3.63) is 47.7 Å². The first-order chi connectivity index (χ1) is 15.7. The van der Waals surface area contributed by atoms with Crippen molar-refractivity contribution in [1.29, 1.82) is 0 Å². The number of alkyl halides is 3. The number of benzene rings is 1. The second-order valence-corrected chi connectivity index (χ2v) is 7.53. The molecule has 0 radical (unpaired) electrons. The first-order valence-corrected chi connectivity index (χ1v) is 10.3. The van der Waals surface area contributed by atoms with E-state index in [0.717, 1.165) is 72.0 Å². The Hall–Kier alpha value is -3.60. The van der Waals surface area contributed by atoms with Crippen molar-refractivity contribution in [2.45, 2.75) is 12.6 Å². The van der Waals surface area contributed by atoms with Gasteiger partial charge in [-0.25, -0.2) is 9.78 Å². The molecule has 2 aliphatic heterocycles. The molecule has 2 aromatic heterocycles. The number of carbonyl (C=O) groups excluding carboxylic acids is 1. The smallest absolute Gasteiger partial charge is 0.475 e. The summed E-state index contributed by atoms with van der Waals surface area (Å²) in [7, 11) is 0. The summed E-state index contributed by atoms with van der Waals surface area (Å²) in [5, 5.41) is 11.1. The van der Waals surface area contributed by atoms with E-state index in [1.54, 1.807) is 0 Å². The van der Waals surface area contributed by atoms with Crippen LogP contribution < -0.4 is 10.2 Å². The number of aromatic amines is 1. The number of aliphatic carboxylic acids is 1. The van der Waals surface area contributed by atoms with Crippen LogP contribution in [0.25, 0.3) is 22.2 Å². The minimum Gasteiger partial charge on any atom is -0.475 e. The zero-order valence-electron chi connectivity index (χ0n) is 17.4. The molecular weight excluding hydrogens is 441 g/mol. The van der Waals surface area contributed by atoms with Gasteiger partial charge in [-0.05, 0) is 18.2 Å². The first-order valence-electron chi connectivity index (χ1n) is 10.3. The molecule has 1 saturated heterocycles. The van der Waals surface area contributed by atoms with Crippen LogP contribution in [0.15, 0.2) is 36.4 Å². The van der Waals surface area contributed by atoms with Crippen molar-refractivity contribution in [1.82, 2.24) is 15.3 Å². The molecule has 2 aliphatic rings. The lowest BCUT2D eigenvalue weighted by atomic mass is 10.1. The van der Waals surface area contributed by atoms with Crippen LogP contribution in [0.5, 0.6) is 0 Å². The number of carboxylic acids is 1. The number of nitrogens with zero attached hydrogens (tertiary/aromatic N) is 2. The Morgan fingerprint density at radius 3 is 2.52 bits per heavy atom. The number of hydrogen-bond donors (Lipinski definition) is 3. The number of carboxylic acid groups (broad SMARTS) is 1. The SMILES string of the molecule is O=C(O)C(F)(F)F.O=C1NCCc2[nH]c(-c3cccc4ccc(N5CCOCC5)nc34)cc21. The Morgan fingerprint density at radius 1 is 1.12 bits per heavy atom. The Labute approximate surface area is 186 Å². The number of hydrogen-bond acceptors (Lipinski definition) is 5. The highest BCUT2D eigenvalue weighted by molar-refractivity contribution is 6.00. The molecule has 11 heteroatoms. The van der Waals surface area contributed by atoms with Crippen LogP contribution in [0.3, 0.4) is 0 Å². The minimum atomic E-state index is -5.08. The third kappa shape index (κ3) is 4.92. The van der Waals surface area contributed by atoms with Crippen LogP contribution in [-0.4, -0.2) is 66.0 Å². The number of halogens is 3. The summed E-state index contributed by atoms with van der Waals surface area (Å²) in [5.74, 6) is -1.79. The normalized spacial score (nSPS) is 16.0. The average Bonchev–Trinajstić information content (AvgIpc) is 3.24. The number of aromatic nitrogens is 2. The molecule has 3 aromatic rings. The van der Waals surface area contributed by atoms with E-state index < -0.39 is 12.1 Å². The van der Waals surface area contributed by atoms with E-state index in [9.17, 15) is 18.0 Å². The van der Waals surface area contributed by atoms with E-state index >= 15 is 0 Å². The highest BCUT2D eigenvalue weighted by Gasteiger charge is 2.38. The molecule has 4 heterocycles. The molecule has 0 atom stereocenters. The molecule has 1 fully saturated rings. The van der Waals surface area contributed by atoms with Gasteiger partial charge in [0.05, 0.1) is 24.3 Å². The molecule has 0 saturated carbocycles. The van der Waals surface area contributed by atoms with Gasteiger partial charge in [-0.3, -0.25) is 4.79 Å². The van der Waals surface area contributed by atoms with Crippen LogP contribution >= 0.6 is 0 Å². The third-order valence-corrected chi connectivity index (χ3v) is 5.38. The number of ether oxygens (including phenoxy) is 1. The number of anilines is 1. The Balaban J connectivity index is 0.000000325. The van der Waals surface area contributed by atoms with Crippen molar-refractivity contribution in [3.8, 4) is 11.3 Å². The van der Waals surface area contributed by atoms with E-state index in [-0.39, 0.29) is 5.91 Å². The molecule has 174 valence electrons.